The summed E-state index contributed by atoms with van der Waals surface area (Å²) < 4.78 is 5.68. The van der Waals surface area contributed by atoms with Crippen molar-refractivity contribution in [2.75, 3.05) is 19.7 Å². The van der Waals surface area contributed by atoms with Gasteiger partial charge < -0.3 is 4.74 Å². The summed E-state index contributed by atoms with van der Waals surface area (Å²) >= 11 is 0. The Hall–Kier alpha value is -0.0800. The van der Waals surface area contributed by atoms with Crippen LogP contribution >= 0.6 is 0 Å². The molecule has 0 amide bonds. The Morgan fingerprint density at radius 2 is 1.40 bits per heavy atom. The van der Waals surface area contributed by atoms with Crippen LogP contribution in [-0.2, 0) is 4.74 Å². The summed E-state index contributed by atoms with van der Waals surface area (Å²) in [7, 11) is 0. The third-order valence-corrected chi connectivity index (χ3v) is 4.54. The fourth-order valence-electron chi connectivity index (χ4n) is 3.09. The van der Waals surface area contributed by atoms with Gasteiger partial charge in [-0.15, -0.1) is 0 Å². The van der Waals surface area contributed by atoms with Crippen molar-refractivity contribution in [1.29, 1.82) is 0 Å². The van der Waals surface area contributed by atoms with Crippen molar-refractivity contribution in [2.24, 2.45) is 0 Å². The second-order valence-corrected chi connectivity index (χ2v) is 6.67. The minimum atomic E-state index is 0.425. The molecule has 20 heavy (non-hydrogen) atoms. The van der Waals surface area contributed by atoms with E-state index < -0.39 is 0 Å². The lowest BCUT2D eigenvalue weighted by Crippen LogP contribution is -2.47. The minimum absolute atomic E-state index is 0.425. The number of unbranched alkanes of at least 4 members (excludes halogenated alkanes) is 9. The maximum Gasteiger partial charge on any atom is 0.0674 e. The van der Waals surface area contributed by atoms with E-state index in [0.29, 0.717) is 12.1 Å². The summed E-state index contributed by atoms with van der Waals surface area (Å²) in [5.74, 6) is 0. The Morgan fingerprint density at radius 3 is 2.00 bits per heavy atom. The van der Waals surface area contributed by atoms with E-state index in [2.05, 4.69) is 25.7 Å². The molecular weight excluding hydrogens is 246 g/mol. The normalized spacial score (nSPS) is 24.1. The van der Waals surface area contributed by atoms with Crippen LogP contribution < -0.4 is 0 Å². The first-order valence-electron chi connectivity index (χ1n) is 9.09. The van der Waals surface area contributed by atoms with Crippen LogP contribution in [0.3, 0.4) is 0 Å². The maximum absolute atomic E-state index is 5.68. The Kier molecular flexibility index (Phi) is 10.4. The van der Waals surface area contributed by atoms with Gasteiger partial charge in [0.05, 0.1) is 12.7 Å². The molecule has 0 saturated carbocycles. The molecule has 2 atom stereocenters. The average molecular weight is 283 g/mol. The average Bonchev–Trinajstić information content (AvgIpc) is 2.44. The standard InChI is InChI=1S/C18H37NO/c1-4-5-6-7-8-9-10-11-12-13-14-19-15-18(3)20-16-17(19)2/h17-18H,4-16H2,1-3H3/t17-,18-/m1/s1. The predicted molar refractivity (Wildman–Crippen MR) is 88.3 cm³/mol. The SMILES string of the molecule is CCCCCCCCCCCCN1C[C@@H](C)OC[C@H]1C. The summed E-state index contributed by atoms with van der Waals surface area (Å²) in [5.41, 5.74) is 0. The van der Waals surface area contributed by atoms with Gasteiger partial charge in [-0.3, -0.25) is 4.90 Å². The molecule has 1 aliphatic heterocycles. The maximum atomic E-state index is 5.68. The van der Waals surface area contributed by atoms with Gasteiger partial charge in [-0.05, 0) is 26.8 Å². The van der Waals surface area contributed by atoms with Gasteiger partial charge in [-0.2, -0.15) is 0 Å². The van der Waals surface area contributed by atoms with E-state index in [4.69, 9.17) is 4.74 Å². The number of rotatable bonds is 11. The van der Waals surface area contributed by atoms with Crippen LogP contribution in [0, 0.1) is 0 Å². The van der Waals surface area contributed by atoms with Crippen molar-refractivity contribution < 1.29 is 4.74 Å². The first-order valence-corrected chi connectivity index (χ1v) is 9.09. The summed E-state index contributed by atoms with van der Waals surface area (Å²) in [4.78, 5) is 2.61. The summed E-state index contributed by atoms with van der Waals surface area (Å²) in [6.45, 7) is 10.1. The number of nitrogens with zero attached hydrogens (tertiary/aromatic N) is 1. The smallest absolute Gasteiger partial charge is 0.0674 e. The van der Waals surface area contributed by atoms with Crippen LogP contribution in [0.4, 0.5) is 0 Å². The van der Waals surface area contributed by atoms with E-state index in [1.165, 1.54) is 70.8 Å². The van der Waals surface area contributed by atoms with Gasteiger partial charge in [0.1, 0.15) is 0 Å². The van der Waals surface area contributed by atoms with E-state index in [9.17, 15) is 0 Å². The second kappa shape index (κ2) is 11.6. The molecule has 0 aromatic heterocycles. The van der Waals surface area contributed by atoms with Gasteiger partial charge in [-0.25, -0.2) is 0 Å². The van der Waals surface area contributed by atoms with Crippen LogP contribution in [0.2, 0.25) is 0 Å². The Bertz CT molecular complexity index is 219. The summed E-state index contributed by atoms with van der Waals surface area (Å²) in [6, 6.07) is 0.616. The monoisotopic (exact) mass is 283 g/mol. The van der Waals surface area contributed by atoms with Crippen LogP contribution in [-0.4, -0.2) is 36.7 Å². The zero-order valence-corrected chi connectivity index (χ0v) is 14.2. The van der Waals surface area contributed by atoms with Crippen molar-refractivity contribution in [3.8, 4) is 0 Å². The third kappa shape index (κ3) is 8.26. The van der Waals surface area contributed by atoms with Crippen LogP contribution in [0.5, 0.6) is 0 Å². The highest BCUT2D eigenvalue weighted by Gasteiger charge is 2.22. The predicted octanol–water partition coefficient (Wildman–Crippen LogP) is 5.02. The highest BCUT2D eigenvalue weighted by Crippen LogP contribution is 2.14. The van der Waals surface area contributed by atoms with Crippen LogP contribution in [0.15, 0.2) is 0 Å². The van der Waals surface area contributed by atoms with Crippen molar-refractivity contribution in [3.63, 3.8) is 0 Å². The van der Waals surface area contributed by atoms with Crippen molar-refractivity contribution in [1.82, 2.24) is 4.90 Å². The molecule has 1 fully saturated rings. The molecule has 0 N–H and O–H groups in total. The molecule has 0 radical (unpaired) electrons. The lowest BCUT2D eigenvalue weighted by molar-refractivity contribution is -0.0496. The Labute approximate surface area is 127 Å². The van der Waals surface area contributed by atoms with Gasteiger partial charge >= 0.3 is 0 Å². The van der Waals surface area contributed by atoms with Crippen LogP contribution in [0.1, 0.15) is 85.0 Å². The number of ether oxygens (including phenoxy) is 1. The molecule has 1 aliphatic rings. The molecule has 2 heteroatoms. The molecule has 1 rings (SSSR count). The van der Waals surface area contributed by atoms with Crippen molar-refractivity contribution in [2.45, 2.75) is 97.1 Å². The minimum Gasteiger partial charge on any atom is -0.376 e. The molecule has 0 unspecified atom stereocenters. The highest BCUT2D eigenvalue weighted by molar-refractivity contribution is 4.74. The first-order chi connectivity index (χ1) is 9.74. The lowest BCUT2D eigenvalue weighted by atomic mass is 10.1. The highest BCUT2D eigenvalue weighted by atomic mass is 16.5. The fraction of sp³-hybridized carbons (Fsp3) is 1.00. The quantitative estimate of drug-likeness (QED) is 0.494. The molecular formula is C18H37NO. The van der Waals surface area contributed by atoms with E-state index in [1.807, 2.05) is 0 Å². The lowest BCUT2D eigenvalue weighted by Gasteiger charge is -2.36. The largest absolute Gasteiger partial charge is 0.376 e. The molecule has 1 heterocycles. The van der Waals surface area contributed by atoms with Gasteiger partial charge in [-0.1, -0.05) is 64.7 Å². The summed E-state index contributed by atoms with van der Waals surface area (Å²) in [6.07, 6.45) is 14.7. The molecule has 0 spiro atoms. The van der Waals surface area contributed by atoms with Crippen LogP contribution in [0.25, 0.3) is 0 Å². The second-order valence-electron chi connectivity index (χ2n) is 6.67. The van der Waals surface area contributed by atoms with E-state index in [0.717, 1.165) is 13.2 Å². The van der Waals surface area contributed by atoms with Gasteiger partial charge in [0.15, 0.2) is 0 Å². The molecule has 0 bridgehead atoms. The number of hydrogen-bond donors (Lipinski definition) is 0. The van der Waals surface area contributed by atoms with E-state index >= 15 is 0 Å². The van der Waals surface area contributed by atoms with Crippen molar-refractivity contribution in [3.05, 3.63) is 0 Å². The molecule has 1 saturated heterocycles. The topological polar surface area (TPSA) is 12.5 Å². The molecule has 120 valence electrons. The van der Waals surface area contributed by atoms with E-state index in [1.54, 1.807) is 0 Å². The van der Waals surface area contributed by atoms with Gasteiger partial charge in [0, 0.05) is 12.6 Å². The summed E-state index contributed by atoms with van der Waals surface area (Å²) in [5, 5.41) is 0. The first kappa shape index (κ1) is 18.0. The number of hydrogen-bond acceptors (Lipinski definition) is 2. The zero-order valence-electron chi connectivity index (χ0n) is 14.2. The molecule has 0 aliphatic carbocycles. The fourth-order valence-corrected chi connectivity index (χ4v) is 3.09. The van der Waals surface area contributed by atoms with E-state index in [-0.39, 0.29) is 0 Å². The third-order valence-electron chi connectivity index (χ3n) is 4.54. The molecule has 0 aromatic rings. The van der Waals surface area contributed by atoms with Crippen molar-refractivity contribution >= 4 is 0 Å². The Morgan fingerprint density at radius 1 is 0.850 bits per heavy atom. The molecule has 2 nitrogen and oxygen atoms in total. The number of morpholine rings is 1. The zero-order chi connectivity index (χ0) is 14.6. The van der Waals surface area contributed by atoms with Gasteiger partial charge in [0.25, 0.3) is 0 Å². The Balaban J connectivity index is 1.86. The van der Waals surface area contributed by atoms with Gasteiger partial charge in [0.2, 0.25) is 0 Å². The molecule has 0 aromatic carbocycles.